The molecule has 126 valence electrons. The highest BCUT2D eigenvalue weighted by molar-refractivity contribution is 7.13. The number of hydrogen-bond acceptors (Lipinski definition) is 5. The number of hydrogen-bond donors (Lipinski definition) is 1. The lowest BCUT2D eigenvalue weighted by atomic mass is 9.49. The van der Waals surface area contributed by atoms with E-state index in [1.54, 1.807) is 11.3 Å². The lowest BCUT2D eigenvalue weighted by molar-refractivity contribution is -0.146. The van der Waals surface area contributed by atoms with Gasteiger partial charge < -0.3 is 9.84 Å². The average molecular weight is 343 g/mol. The van der Waals surface area contributed by atoms with Gasteiger partial charge in [-0.1, -0.05) is 11.2 Å². The normalized spacial score (nSPS) is 33.8. The standard InChI is InChI=1S/C18H21N3O2S/c22-17(18-7-11-4-12(8-18)6-13(5-11)9-18)19-10-15-20-16(21-23-15)14-2-1-3-24-14/h1-3,11-13H,4-10H2,(H,19,22). The molecule has 6 rings (SSSR count). The number of aromatic nitrogens is 2. The molecule has 0 saturated heterocycles. The van der Waals surface area contributed by atoms with Crippen molar-refractivity contribution in [3.8, 4) is 10.7 Å². The lowest BCUT2D eigenvalue weighted by Crippen LogP contribution is -2.53. The maximum absolute atomic E-state index is 12.9. The third kappa shape index (κ3) is 2.39. The molecule has 1 N–H and O–H groups in total. The highest BCUT2D eigenvalue weighted by Gasteiger charge is 2.54. The van der Waals surface area contributed by atoms with Crippen molar-refractivity contribution in [2.24, 2.45) is 23.2 Å². The summed E-state index contributed by atoms with van der Waals surface area (Å²) < 4.78 is 5.29. The fraction of sp³-hybridized carbons (Fsp3) is 0.611. The van der Waals surface area contributed by atoms with Gasteiger partial charge in [0.1, 0.15) is 0 Å². The third-order valence-electron chi connectivity index (χ3n) is 6.13. The van der Waals surface area contributed by atoms with Crippen molar-refractivity contribution >= 4 is 17.2 Å². The predicted molar refractivity (Wildman–Crippen MR) is 90.1 cm³/mol. The maximum atomic E-state index is 12.9. The fourth-order valence-electron chi connectivity index (χ4n) is 5.56. The van der Waals surface area contributed by atoms with Crippen LogP contribution in [0.5, 0.6) is 0 Å². The van der Waals surface area contributed by atoms with Crippen LogP contribution in [0.15, 0.2) is 22.0 Å². The van der Waals surface area contributed by atoms with E-state index in [2.05, 4.69) is 15.5 Å². The molecule has 1 amide bonds. The van der Waals surface area contributed by atoms with Gasteiger partial charge in [-0.25, -0.2) is 0 Å². The number of thiophene rings is 1. The fourth-order valence-corrected chi connectivity index (χ4v) is 6.21. The van der Waals surface area contributed by atoms with E-state index in [1.165, 1.54) is 19.3 Å². The molecule has 0 unspecified atom stereocenters. The molecule has 24 heavy (non-hydrogen) atoms. The summed E-state index contributed by atoms with van der Waals surface area (Å²) in [6, 6.07) is 3.93. The largest absolute Gasteiger partial charge is 0.347 e. The summed E-state index contributed by atoms with van der Waals surface area (Å²) in [6.07, 6.45) is 7.28. The highest BCUT2D eigenvalue weighted by atomic mass is 32.1. The van der Waals surface area contributed by atoms with E-state index in [-0.39, 0.29) is 11.3 Å². The molecule has 4 aliphatic carbocycles. The van der Waals surface area contributed by atoms with Gasteiger partial charge in [0.2, 0.25) is 17.6 Å². The second-order valence-electron chi connectivity index (χ2n) is 7.87. The molecule has 6 heteroatoms. The molecular weight excluding hydrogens is 322 g/mol. The lowest BCUT2D eigenvalue weighted by Gasteiger charge is -2.55. The Morgan fingerprint density at radius 1 is 1.25 bits per heavy atom. The van der Waals surface area contributed by atoms with E-state index in [9.17, 15) is 4.79 Å². The van der Waals surface area contributed by atoms with Crippen molar-refractivity contribution in [1.29, 1.82) is 0 Å². The topological polar surface area (TPSA) is 68.0 Å². The van der Waals surface area contributed by atoms with Crippen LogP contribution in [-0.2, 0) is 11.3 Å². The van der Waals surface area contributed by atoms with E-state index < -0.39 is 0 Å². The number of carbonyl (C=O) groups is 1. The molecule has 4 saturated carbocycles. The van der Waals surface area contributed by atoms with Crippen LogP contribution < -0.4 is 5.32 Å². The Labute approximate surface area is 144 Å². The molecule has 4 fully saturated rings. The molecule has 0 radical (unpaired) electrons. The van der Waals surface area contributed by atoms with E-state index in [1.807, 2.05) is 17.5 Å². The first-order chi connectivity index (χ1) is 11.7. The Morgan fingerprint density at radius 3 is 2.58 bits per heavy atom. The number of amides is 1. The van der Waals surface area contributed by atoms with E-state index in [0.29, 0.717) is 18.3 Å². The predicted octanol–water partition coefficient (Wildman–Crippen LogP) is 3.63. The minimum absolute atomic E-state index is 0.120. The van der Waals surface area contributed by atoms with Crippen molar-refractivity contribution in [2.45, 2.75) is 45.1 Å². The Bertz CT molecular complexity index is 717. The molecule has 2 aromatic heterocycles. The third-order valence-corrected chi connectivity index (χ3v) is 7.00. The second-order valence-corrected chi connectivity index (χ2v) is 8.82. The zero-order chi connectivity index (χ0) is 16.1. The van der Waals surface area contributed by atoms with Crippen molar-refractivity contribution in [3.05, 3.63) is 23.4 Å². The molecule has 5 nitrogen and oxygen atoms in total. The Kier molecular flexibility index (Phi) is 3.30. The Hall–Kier alpha value is -1.69. The summed E-state index contributed by atoms with van der Waals surface area (Å²) in [5, 5.41) is 9.07. The van der Waals surface area contributed by atoms with Crippen LogP contribution in [-0.4, -0.2) is 16.0 Å². The van der Waals surface area contributed by atoms with Crippen LogP contribution in [0, 0.1) is 23.2 Å². The quantitative estimate of drug-likeness (QED) is 0.920. The molecular formula is C18H21N3O2S. The summed E-state index contributed by atoms with van der Waals surface area (Å²) in [7, 11) is 0. The highest BCUT2D eigenvalue weighted by Crippen LogP contribution is 2.60. The SMILES string of the molecule is O=C(NCc1nc(-c2cccs2)no1)C12CC3CC(CC(C3)C1)C2. The molecule has 0 aromatic carbocycles. The first kappa shape index (κ1) is 14.6. The van der Waals surface area contributed by atoms with Crippen LogP contribution in [0.25, 0.3) is 10.7 Å². The van der Waals surface area contributed by atoms with Crippen LogP contribution in [0.3, 0.4) is 0 Å². The molecule has 2 aromatic rings. The number of nitrogens with one attached hydrogen (secondary N) is 1. The maximum Gasteiger partial charge on any atom is 0.246 e. The summed E-state index contributed by atoms with van der Waals surface area (Å²) in [6.45, 7) is 0.332. The van der Waals surface area contributed by atoms with Crippen LogP contribution in [0.4, 0.5) is 0 Å². The van der Waals surface area contributed by atoms with Crippen LogP contribution in [0.2, 0.25) is 0 Å². The molecule has 4 bridgehead atoms. The van der Waals surface area contributed by atoms with Crippen molar-refractivity contribution in [3.63, 3.8) is 0 Å². The zero-order valence-corrected chi connectivity index (χ0v) is 14.3. The van der Waals surface area contributed by atoms with Gasteiger partial charge >= 0.3 is 0 Å². The minimum Gasteiger partial charge on any atom is -0.347 e. The number of carbonyl (C=O) groups excluding carboxylic acids is 1. The van der Waals surface area contributed by atoms with Gasteiger partial charge in [0.25, 0.3) is 0 Å². The minimum atomic E-state index is -0.120. The van der Waals surface area contributed by atoms with Crippen LogP contribution in [0.1, 0.15) is 44.4 Å². The second kappa shape index (κ2) is 5.41. The number of nitrogens with zero attached hydrogens (tertiary/aromatic N) is 2. The van der Waals surface area contributed by atoms with E-state index in [4.69, 9.17) is 4.52 Å². The molecule has 0 spiro atoms. The van der Waals surface area contributed by atoms with Gasteiger partial charge in [-0.15, -0.1) is 11.3 Å². The number of rotatable bonds is 4. The summed E-state index contributed by atoms with van der Waals surface area (Å²) >= 11 is 1.58. The van der Waals surface area contributed by atoms with Crippen molar-refractivity contribution in [1.82, 2.24) is 15.5 Å². The first-order valence-electron chi connectivity index (χ1n) is 8.85. The summed E-state index contributed by atoms with van der Waals surface area (Å²) in [5.74, 6) is 3.61. The van der Waals surface area contributed by atoms with Crippen molar-refractivity contribution < 1.29 is 9.32 Å². The van der Waals surface area contributed by atoms with Crippen molar-refractivity contribution in [2.75, 3.05) is 0 Å². The molecule has 2 heterocycles. The van der Waals surface area contributed by atoms with Gasteiger partial charge in [0.15, 0.2) is 0 Å². The Balaban J connectivity index is 1.26. The van der Waals surface area contributed by atoms with Gasteiger partial charge in [-0.3, -0.25) is 4.79 Å². The molecule has 0 aliphatic heterocycles. The monoisotopic (exact) mass is 343 g/mol. The van der Waals surface area contributed by atoms with Gasteiger partial charge in [0.05, 0.1) is 11.4 Å². The van der Waals surface area contributed by atoms with E-state index >= 15 is 0 Å². The average Bonchev–Trinajstić information content (AvgIpc) is 3.22. The Morgan fingerprint density at radius 2 is 1.96 bits per heavy atom. The van der Waals surface area contributed by atoms with Gasteiger partial charge in [-0.05, 0) is 67.7 Å². The smallest absolute Gasteiger partial charge is 0.246 e. The first-order valence-corrected chi connectivity index (χ1v) is 9.73. The van der Waals surface area contributed by atoms with Crippen LogP contribution >= 0.6 is 11.3 Å². The zero-order valence-electron chi connectivity index (χ0n) is 13.5. The van der Waals surface area contributed by atoms with Gasteiger partial charge in [-0.2, -0.15) is 4.98 Å². The van der Waals surface area contributed by atoms with Gasteiger partial charge in [0, 0.05) is 5.41 Å². The molecule has 4 aliphatic rings. The summed E-state index contributed by atoms with van der Waals surface area (Å²) in [4.78, 5) is 18.3. The summed E-state index contributed by atoms with van der Waals surface area (Å²) in [5.41, 5.74) is -0.120. The molecule has 0 atom stereocenters. The van der Waals surface area contributed by atoms with E-state index in [0.717, 1.165) is 41.9 Å².